The van der Waals surface area contributed by atoms with Crippen LogP contribution in [0.4, 0.5) is 0 Å². The summed E-state index contributed by atoms with van der Waals surface area (Å²) in [4.78, 5) is 0. The Balaban J connectivity index is 2.68. The van der Waals surface area contributed by atoms with E-state index in [9.17, 15) is 0 Å². The van der Waals surface area contributed by atoms with E-state index < -0.39 is 0 Å². The van der Waals surface area contributed by atoms with Crippen LogP contribution in [0.5, 0.6) is 0 Å². The molecule has 2 nitrogen and oxygen atoms in total. The summed E-state index contributed by atoms with van der Waals surface area (Å²) in [6.07, 6.45) is 1.04. The van der Waals surface area contributed by atoms with Crippen LogP contribution in [0.1, 0.15) is 20.3 Å². The van der Waals surface area contributed by atoms with Gasteiger partial charge in [-0.2, -0.15) is 0 Å². The highest BCUT2D eigenvalue weighted by molar-refractivity contribution is 4.43. The predicted molar refractivity (Wildman–Crippen MR) is 29.6 cm³/mol. The van der Waals surface area contributed by atoms with Crippen molar-refractivity contribution in [3.63, 3.8) is 0 Å². The van der Waals surface area contributed by atoms with Crippen LogP contribution in [-0.4, -0.2) is 6.54 Å². The van der Waals surface area contributed by atoms with E-state index in [-0.39, 0.29) is 0 Å². The van der Waals surface area contributed by atoms with E-state index >= 15 is 0 Å². The molecule has 0 bridgehead atoms. The third kappa shape index (κ3) is 5.92. The van der Waals surface area contributed by atoms with E-state index in [1.807, 2.05) is 0 Å². The van der Waals surface area contributed by atoms with Crippen molar-refractivity contribution in [2.75, 3.05) is 6.54 Å². The SMILES string of the molecule is CC(C)CCN[N]. The summed E-state index contributed by atoms with van der Waals surface area (Å²) in [5.74, 6) is 8.75. The largest absolute Gasteiger partial charge is 0.222 e. The van der Waals surface area contributed by atoms with Crippen molar-refractivity contribution < 1.29 is 0 Å². The lowest BCUT2D eigenvalue weighted by Crippen LogP contribution is -2.12. The van der Waals surface area contributed by atoms with Crippen molar-refractivity contribution in [3.05, 3.63) is 0 Å². The topological polar surface area (TPSA) is 34.3 Å². The fourth-order valence-electron chi connectivity index (χ4n) is 0.353. The highest BCUT2D eigenvalue weighted by atomic mass is 15.2. The summed E-state index contributed by atoms with van der Waals surface area (Å²) in [7, 11) is 0. The average Bonchev–Trinajstić information content (AvgIpc) is 1.61. The number of hydrogen-bond donors (Lipinski definition) is 1. The molecule has 0 spiro atoms. The molecule has 42 valence electrons. The van der Waals surface area contributed by atoms with Crippen LogP contribution in [0.15, 0.2) is 0 Å². The Kier molecular flexibility index (Phi) is 4.04. The van der Waals surface area contributed by atoms with Crippen LogP contribution >= 0.6 is 0 Å². The molecule has 0 fully saturated rings. The van der Waals surface area contributed by atoms with Gasteiger partial charge in [0.2, 0.25) is 0 Å². The molecular weight excluding hydrogens is 88.1 g/mol. The molecule has 0 saturated carbocycles. The molecule has 0 aliphatic heterocycles. The molecule has 0 amide bonds. The highest BCUT2D eigenvalue weighted by Crippen LogP contribution is 1.94. The van der Waals surface area contributed by atoms with Gasteiger partial charge in [0.15, 0.2) is 0 Å². The van der Waals surface area contributed by atoms with Gasteiger partial charge in [0.05, 0.1) is 0 Å². The van der Waals surface area contributed by atoms with E-state index in [2.05, 4.69) is 19.3 Å². The summed E-state index contributed by atoms with van der Waals surface area (Å²) in [5.41, 5.74) is 2.10. The summed E-state index contributed by atoms with van der Waals surface area (Å²) in [6.45, 7) is 4.95. The molecule has 0 aliphatic rings. The Morgan fingerprint density at radius 2 is 2.14 bits per heavy atom. The van der Waals surface area contributed by atoms with Gasteiger partial charge in [-0.3, -0.25) is 0 Å². The third-order valence-corrected chi connectivity index (χ3v) is 0.833. The number of hydrogen-bond acceptors (Lipinski definition) is 1. The first kappa shape index (κ1) is 6.92. The molecule has 2 radical (unpaired) electrons. The van der Waals surface area contributed by atoms with Gasteiger partial charge in [0.1, 0.15) is 0 Å². The zero-order valence-corrected chi connectivity index (χ0v) is 4.94. The lowest BCUT2D eigenvalue weighted by atomic mass is 10.1. The minimum Gasteiger partial charge on any atom is -0.222 e. The maximum Gasteiger partial charge on any atom is 0.0134 e. The average molecular weight is 100 g/mol. The smallest absolute Gasteiger partial charge is 0.0134 e. The minimum absolute atomic E-state index is 0.680. The number of rotatable bonds is 3. The molecule has 0 rings (SSSR count). The van der Waals surface area contributed by atoms with E-state index in [0.29, 0.717) is 12.5 Å². The Morgan fingerprint density at radius 1 is 1.57 bits per heavy atom. The second kappa shape index (κ2) is 4.09. The van der Waals surface area contributed by atoms with Crippen molar-refractivity contribution in [2.45, 2.75) is 20.3 Å². The second-order valence-corrected chi connectivity index (χ2v) is 2.09. The maximum absolute atomic E-state index is 8.07. The molecule has 0 aliphatic carbocycles. The standard InChI is InChI=1S/C5H12N2/c1-5(2)3-4-7-6/h5,7H,3-4H2,1-2H3. The van der Waals surface area contributed by atoms with Gasteiger partial charge >= 0.3 is 0 Å². The molecule has 0 aromatic heterocycles. The first-order valence-electron chi connectivity index (χ1n) is 2.64. The van der Waals surface area contributed by atoms with Gasteiger partial charge < -0.3 is 0 Å². The van der Waals surface area contributed by atoms with Gasteiger partial charge in [-0.25, -0.2) is 5.43 Å². The maximum atomic E-state index is 8.07. The normalized spacial score (nSPS) is 10.3. The summed E-state index contributed by atoms with van der Waals surface area (Å²) < 4.78 is 0. The molecule has 1 N–H and O–H groups in total. The highest BCUT2D eigenvalue weighted by Gasteiger charge is 1.89. The third-order valence-electron chi connectivity index (χ3n) is 0.833. The lowest BCUT2D eigenvalue weighted by molar-refractivity contribution is 0.541. The Labute approximate surface area is 45.1 Å². The zero-order valence-electron chi connectivity index (χ0n) is 4.94. The summed E-state index contributed by atoms with van der Waals surface area (Å²) >= 11 is 0. The molecule has 2 heteroatoms. The quantitative estimate of drug-likeness (QED) is 0.518. The summed E-state index contributed by atoms with van der Waals surface area (Å²) in [6, 6.07) is 0. The van der Waals surface area contributed by atoms with Crippen molar-refractivity contribution >= 4 is 0 Å². The molecule has 0 heterocycles. The second-order valence-electron chi connectivity index (χ2n) is 2.09. The first-order valence-corrected chi connectivity index (χ1v) is 2.64. The molecule has 0 atom stereocenters. The Bertz CT molecular complexity index is 35.1. The van der Waals surface area contributed by atoms with Crippen molar-refractivity contribution in [1.29, 1.82) is 0 Å². The zero-order chi connectivity index (χ0) is 5.70. The van der Waals surface area contributed by atoms with E-state index in [1.165, 1.54) is 0 Å². The first-order chi connectivity index (χ1) is 3.27. The predicted octanol–water partition coefficient (Wildman–Crippen LogP) is 0.606. The van der Waals surface area contributed by atoms with E-state index in [4.69, 9.17) is 5.84 Å². The number of nitrogens with zero attached hydrogens (tertiary/aromatic N) is 1. The van der Waals surface area contributed by atoms with Crippen LogP contribution in [-0.2, 0) is 0 Å². The Morgan fingerprint density at radius 3 is 2.29 bits per heavy atom. The van der Waals surface area contributed by atoms with E-state index in [1.54, 1.807) is 0 Å². The minimum atomic E-state index is 0.680. The molecule has 7 heavy (non-hydrogen) atoms. The van der Waals surface area contributed by atoms with Crippen molar-refractivity contribution in [1.82, 2.24) is 11.3 Å². The summed E-state index contributed by atoms with van der Waals surface area (Å²) in [5, 5.41) is 0. The van der Waals surface area contributed by atoms with Crippen LogP contribution < -0.4 is 11.3 Å². The van der Waals surface area contributed by atoms with Crippen molar-refractivity contribution in [3.8, 4) is 0 Å². The van der Waals surface area contributed by atoms with Gasteiger partial charge in [-0.1, -0.05) is 13.8 Å². The fourth-order valence-corrected chi connectivity index (χ4v) is 0.353. The molecule has 0 saturated heterocycles. The monoisotopic (exact) mass is 100 g/mol. The van der Waals surface area contributed by atoms with E-state index in [0.717, 1.165) is 6.42 Å². The molecular formula is C5H12N2. The van der Waals surface area contributed by atoms with Gasteiger partial charge in [-0.05, 0) is 18.2 Å². The number of nitrogens with one attached hydrogen (secondary N) is 1. The van der Waals surface area contributed by atoms with Gasteiger partial charge in [0.25, 0.3) is 0 Å². The molecule has 0 aromatic rings. The van der Waals surface area contributed by atoms with Crippen molar-refractivity contribution in [2.24, 2.45) is 5.92 Å². The molecule has 0 aromatic carbocycles. The van der Waals surface area contributed by atoms with Crippen LogP contribution in [0.2, 0.25) is 0 Å². The van der Waals surface area contributed by atoms with Gasteiger partial charge in [-0.15, -0.1) is 0 Å². The fraction of sp³-hybridized carbons (Fsp3) is 1.00. The molecule has 0 unspecified atom stereocenters. The lowest BCUT2D eigenvalue weighted by Gasteiger charge is -1.98. The van der Waals surface area contributed by atoms with Crippen LogP contribution in [0.25, 0.3) is 0 Å². The van der Waals surface area contributed by atoms with Crippen LogP contribution in [0, 0.1) is 5.92 Å². The van der Waals surface area contributed by atoms with Crippen LogP contribution in [0.3, 0.4) is 0 Å². The van der Waals surface area contributed by atoms with Gasteiger partial charge in [0, 0.05) is 6.54 Å². The Hall–Kier alpha value is -0.0800.